The zero-order chi connectivity index (χ0) is 11.1. The molecule has 1 aliphatic rings. The molecule has 0 saturated carbocycles. The first-order valence-corrected chi connectivity index (χ1v) is 5.25. The largest absolute Gasteiger partial charge is 0.248 e. The van der Waals surface area contributed by atoms with Crippen molar-refractivity contribution in [2.45, 2.75) is 12.3 Å². The van der Waals surface area contributed by atoms with Gasteiger partial charge in [0.2, 0.25) is 6.43 Å². The third-order valence-electron chi connectivity index (χ3n) is 3.08. The van der Waals surface area contributed by atoms with Crippen molar-refractivity contribution in [2.75, 3.05) is 0 Å². The Labute approximate surface area is 92.2 Å². The Balaban J connectivity index is 2.36. The first kappa shape index (κ1) is 9.52. The van der Waals surface area contributed by atoms with E-state index in [1.807, 2.05) is 30.3 Å². The lowest BCUT2D eigenvalue weighted by Gasteiger charge is -2.20. The Hall–Kier alpha value is -1.70. The molecule has 16 heavy (non-hydrogen) atoms. The van der Waals surface area contributed by atoms with Gasteiger partial charge in [-0.3, -0.25) is 0 Å². The maximum Gasteiger partial charge on any atom is 0.248 e. The van der Waals surface area contributed by atoms with Crippen LogP contribution in [0.3, 0.4) is 0 Å². The molecule has 3 rings (SSSR count). The van der Waals surface area contributed by atoms with Crippen molar-refractivity contribution in [1.82, 2.24) is 0 Å². The third kappa shape index (κ3) is 1.26. The molecule has 0 nitrogen and oxygen atoms in total. The van der Waals surface area contributed by atoms with Crippen LogP contribution in [0.15, 0.2) is 42.5 Å². The lowest BCUT2D eigenvalue weighted by Crippen LogP contribution is -2.09. The SMILES string of the molecule is FC(F)C1C=Cc2cccc3cccc1c23. The molecule has 0 amide bonds. The molecule has 0 N–H and O–H groups in total. The molecule has 1 unspecified atom stereocenters. The summed E-state index contributed by atoms with van der Waals surface area (Å²) in [4.78, 5) is 0. The summed E-state index contributed by atoms with van der Waals surface area (Å²) in [5, 5.41) is 2.00. The Morgan fingerprint density at radius 2 is 1.75 bits per heavy atom. The highest BCUT2D eigenvalue weighted by Gasteiger charge is 2.24. The molecule has 1 aliphatic carbocycles. The molecule has 80 valence electrons. The normalized spacial score (nSPS) is 18.3. The highest BCUT2D eigenvalue weighted by Crippen LogP contribution is 2.37. The van der Waals surface area contributed by atoms with Gasteiger partial charge in [-0.1, -0.05) is 48.6 Å². The number of halogens is 2. The van der Waals surface area contributed by atoms with Crippen molar-refractivity contribution >= 4 is 16.8 Å². The number of rotatable bonds is 1. The van der Waals surface area contributed by atoms with Crippen LogP contribution in [0, 0.1) is 0 Å². The van der Waals surface area contributed by atoms with Crippen molar-refractivity contribution in [3.05, 3.63) is 53.6 Å². The summed E-state index contributed by atoms with van der Waals surface area (Å²) in [5.74, 6) is -0.765. The zero-order valence-electron chi connectivity index (χ0n) is 8.53. The molecule has 2 heteroatoms. The number of hydrogen-bond donors (Lipinski definition) is 0. The fraction of sp³-hybridized carbons (Fsp3) is 0.143. The first-order valence-electron chi connectivity index (χ1n) is 5.25. The van der Waals surface area contributed by atoms with Crippen LogP contribution in [0.5, 0.6) is 0 Å². The van der Waals surface area contributed by atoms with Crippen LogP contribution in [0.1, 0.15) is 17.0 Å². The van der Waals surface area contributed by atoms with Crippen LogP contribution in [0.2, 0.25) is 0 Å². The fourth-order valence-corrected chi connectivity index (χ4v) is 2.35. The minimum atomic E-state index is -2.34. The van der Waals surface area contributed by atoms with Crippen LogP contribution in [-0.2, 0) is 0 Å². The maximum atomic E-state index is 12.9. The minimum Gasteiger partial charge on any atom is -0.209 e. The molecule has 0 aromatic heterocycles. The molecule has 2 aromatic rings. The van der Waals surface area contributed by atoms with E-state index >= 15 is 0 Å². The molecule has 0 heterocycles. The van der Waals surface area contributed by atoms with Gasteiger partial charge in [-0.25, -0.2) is 8.78 Å². The zero-order valence-corrected chi connectivity index (χ0v) is 8.53. The van der Waals surface area contributed by atoms with Gasteiger partial charge in [-0.05, 0) is 21.9 Å². The molecule has 2 aromatic carbocycles. The van der Waals surface area contributed by atoms with Gasteiger partial charge in [-0.15, -0.1) is 0 Å². The van der Waals surface area contributed by atoms with E-state index in [-0.39, 0.29) is 0 Å². The second kappa shape index (κ2) is 3.41. The average molecular weight is 216 g/mol. The highest BCUT2D eigenvalue weighted by molar-refractivity contribution is 5.95. The molecule has 0 spiro atoms. The summed E-state index contributed by atoms with van der Waals surface area (Å²) in [6.45, 7) is 0. The molecular formula is C14H10F2. The van der Waals surface area contributed by atoms with E-state index in [0.717, 1.165) is 21.9 Å². The number of hydrogen-bond acceptors (Lipinski definition) is 0. The molecule has 1 atom stereocenters. The lowest BCUT2D eigenvalue weighted by atomic mass is 9.86. The van der Waals surface area contributed by atoms with E-state index < -0.39 is 12.3 Å². The average Bonchev–Trinajstić information content (AvgIpc) is 2.30. The molecular weight excluding hydrogens is 206 g/mol. The monoisotopic (exact) mass is 216 g/mol. The van der Waals surface area contributed by atoms with Gasteiger partial charge >= 0.3 is 0 Å². The van der Waals surface area contributed by atoms with Crippen molar-refractivity contribution < 1.29 is 8.78 Å². The van der Waals surface area contributed by atoms with Crippen molar-refractivity contribution in [3.8, 4) is 0 Å². The maximum absolute atomic E-state index is 12.9. The van der Waals surface area contributed by atoms with E-state index in [2.05, 4.69) is 0 Å². The second-order valence-corrected chi connectivity index (χ2v) is 4.01. The number of allylic oxidation sites excluding steroid dienone is 1. The van der Waals surface area contributed by atoms with Gasteiger partial charge < -0.3 is 0 Å². The van der Waals surface area contributed by atoms with E-state index in [1.165, 1.54) is 0 Å². The van der Waals surface area contributed by atoms with Crippen LogP contribution in [0.25, 0.3) is 16.8 Å². The molecule has 0 radical (unpaired) electrons. The predicted octanol–water partition coefficient (Wildman–Crippen LogP) is 4.22. The van der Waals surface area contributed by atoms with E-state index in [9.17, 15) is 8.78 Å². The van der Waals surface area contributed by atoms with Crippen molar-refractivity contribution in [1.29, 1.82) is 0 Å². The molecule has 0 fully saturated rings. The standard InChI is InChI=1S/C14H10F2/c15-14(16)12-8-7-10-4-1-3-9-5-2-6-11(12)13(9)10/h1-8,12,14H. The topological polar surface area (TPSA) is 0 Å². The van der Waals surface area contributed by atoms with Gasteiger partial charge in [0, 0.05) is 0 Å². The Bertz CT molecular complexity index is 565. The summed E-state index contributed by atoms with van der Waals surface area (Å²) in [7, 11) is 0. The smallest absolute Gasteiger partial charge is 0.209 e. The Morgan fingerprint density at radius 3 is 2.50 bits per heavy atom. The summed E-state index contributed by atoms with van der Waals surface area (Å²) in [5.41, 5.74) is 1.77. The summed E-state index contributed by atoms with van der Waals surface area (Å²) >= 11 is 0. The van der Waals surface area contributed by atoms with Crippen LogP contribution in [0.4, 0.5) is 8.78 Å². The predicted molar refractivity (Wildman–Crippen MR) is 61.7 cm³/mol. The highest BCUT2D eigenvalue weighted by atomic mass is 19.3. The first-order chi connectivity index (χ1) is 7.77. The summed E-state index contributed by atoms with van der Waals surface area (Å²) in [6.07, 6.45) is 1.06. The Kier molecular flexibility index (Phi) is 2.03. The van der Waals surface area contributed by atoms with Gasteiger partial charge in [0.25, 0.3) is 0 Å². The molecule has 0 aliphatic heterocycles. The van der Waals surface area contributed by atoms with Gasteiger partial charge in [0.1, 0.15) is 0 Å². The van der Waals surface area contributed by atoms with Crippen LogP contribution >= 0.6 is 0 Å². The van der Waals surface area contributed by atoms with Crippen molar-refractivity contribution in [2.24, 2.45) is 0 Å². The number of benzene rings is 2. The lowest BCUT2D eigenvalue weighted by molar-refractivity contribution is 0.132. The van der Waals surface area contributed by atoms with E-state index in [4.69, 9.17) is 0 Å². The third-order valence-corrected chi connectivity index (χ3v) is 3.08. The van der Waals surface area contributed by atoms with Crippen molar-refractivity contribution in [3.63, 3.8) is 0 Å². The van der Waals surface area contributed by atoms with Gasteiger partial charge in [-0.2, -0.15) is 0 Å². The number of alkyl halides is 2. The fourth-order valence-electron chi connectivity index (χ4n) is 2.35. The van der Waals surface area contributed by atoms with E-state index in [0.29, 0.717) is 0 Å². The second-order valence-electron chi connectivity index (χ2n) is 4.01. The van der Waals surface area contributed by atoms with Gasteiger partial charge in [0.05, 0.1) is 5.92 Å². The summed E-state index contributed by atoms with van der Waals surface area (Å²) in [6, 6.07) is 11.5. The van der Waals surface area contributed by atoms with Gasteiger partial charge in [0.15, 0.2) is 0 Å². The van der Waals surface area contributed by atoms with E-state index in [1.54, 1.807) is 18.2 Å². The minimum absolute atomic E-state index is 0.741. The Morgan fingerprint density at radius 1 is 1.00 bits per heavy atom. The van der Waals surface area contributed by atoms with Crippen LogP contribution in [-0.4, -0.2) is 6.43 Å². The molecule has 0 bridgehead atoms. The molecule has 0 saturated heterocycles. The van der Waals surface area contributed by atoms with Crippen LogP contribution < -0.4 is 0 Å². The summed E-state index contributed by atoms with van der Waals surface area (Å²) < 4.78 is 25.8. The quantitative estimate of drug-likeness (QED) is 0.669.